The van der Waals surface area contributed by atoms with Crippen LogP contribution in [0.1, 0.15) is 50.8 Å². The first kappa shape index (κ1) is 20.3. The van der Waals surface area contributed by atoms with Crippen molar-refractivity contribution in [2.24, 2.45) is 0 Å². The molecule has 1 saturated heterocycles. The molecule has 0 radical (unpaired) electrons. The Morgan fingerprint density at radius 1 is 1.10 bits per heavy atom. The van der Waals surface area contributed by atoms with Crippen molar-refractivity contribution in [2.45, 2.75) is 25.8 Å². The molecular weight excluding hydrogens is 402 g/mol. The van der Waals surface area contributed by atoms with Crippen LogP contribution in [0.25, 0.3) is 0 Å². The molecule has 4 rings (SSSR count). The molecule has 0 spiro atoms. The lowest BCUT2D eigenvalue weighted by Crippen LogP contribution is -2.54. The van der Waals surface area contributed by atoms with Gasteiger partial charge in [-0.05, 0) is 37.6 Å². The van der Waals surface area contributed by atoms with Gasteiger partial charge in [0.2, 0.25) is 11.8 Å². The molecule has 9 heteroatoms. The number of hydrogen-bond acceptors (Lipinski definition) is 6. The highest BCUT2D eigenvalue weighted by Gasteiger charge is 2.45. The lowest BCUT2D eigenvalue weighted by atomic mass is 10.0. The SMILES string of the molecule is CCOc1ccccc1C(=O)Nc1cccc2c1C(=O)N(C1CCC(=O)NC1=O)C2=O. The number of piperidine rings is 1. The smallest absolute Gasteiger partial charge is 0.264 e. The third-order valence-electron chi connectivity index (χ3n) is 5.15. The second-order valence-corrected chi connectivity index (χ2v) is 7.06. The van der Waals surface area contributed by atoms with E-state index in [-0.39, 0.29) is 35.2 Å². The van der Waals surface area contributed by atoms with E-state index in [1.807, 2.05) is 0 Å². The first-order valence-electron chi connectivity index (χ1n) is 9.80. The number of nitrogens with zero attached hydrogens (tertiary/aromatic N) is 1. The molecule has 2 aliphatic rings. The van der Waals surface area contributed by atoms with Crippen molar-refractivity contribution in [3.05, 3.63) is 59.2 Å². The largest absolute Gasteiger partial charge is 0.493 e. The minimum Gasteiger partial charge on any atom is -0.493 e. The second kappa shape index (κ2) is 8.02. The van der Waals surface area contributed by atoms with E-state index in [9.17, 15) is 24.0 Å². The normalized spacial score (nSPS) is 18.0. The molecule has 5 amide bonds. The predicted octanol–water partition coefficient (Wildman–Crippen LogP) is 1.74. The van der Waals surface area contributed by atoms with Crippen molar-refractivity contribution in [1.29, 1.82) is 0 Å². The molecule has 2 heterocycles. The molecule has 9 nitrogen and oxygen atoms in total. The van der Waals surface area contributed by atoms with Crippen LogP contribution in [0.5, 0.6) is 5.75 Å². The maximum Gasteiger partial charge on any atom is 0.264 e. The highest BCUT2D eigenvalue weighted by atomic mass is 16.5. The number of ether oxygens (including phenoxy) is 1. The number of anilines is 1. The zero-order valence-corrected chi connectivity index (χ0v) is 16.6. The van der Waals surface area contributed by atoms with E-state index >= 15 is 0 Å². The van der Waals surface area contributed by atoms with Gasteiger partial charge in [0.25, 0.3) is 17.7 Å². The zero-order chi connectivity index (χ0) is 22.1. The van der Waals surface area contributed by atoms with Crippen LogP contribution in [0.2, 0.25) is 0 Å². The van der Waals surface area contributed by atoms with Gasteiger partial charge < -0.3 is 10.1 Å². The second-order valence-electron chi connectivity index (χ2n) is 7.06. The summed E-state index contributed by atoms with van der Waals surface area (Å²) in [5.41, 5.74) is 0.535. The molecule has 2 aliphatic heterocycles. The van der Waals surface area contributed by atoms with E-state index in [2.05, 4.69) is 10.6 Å². The Labute approximate surface area is 177 Å². The van der Waals surface area contributed by atoms with Gasteiger partial charge >= 0.3 is 0 Å². The van der Waals surface area contributed by atoms with Gasteiger partial charge in [-0.15, -0.1) is 0 Å². The van der Waals surface area contributed by atoms with Gasteiger partial charge in [0, 0.05) is 6.42 Å². The van der Waals surface area contributed by atoms with Crippen LogP contribution in [-0.4, -0.2) is 47.1 Å². The average Bonchev–Trinajstić information content (AvgIpc) is 3.00. The molecule has 1 fully saturated rings. The first-order chi connectivity index (χ1) is 14.9. The standard InChI is InChI=1S/C22H19N3O6/c1-2-31-16-9-4-3-6-12(16)19(27)23-14-8-5-7-13-18(14)22(30)25(21(13)29)15-10-11-17(26)24-20(15)28/h3-9,15H,2,10-11H2,1H3,(H,23,27)(H,24,26,28). The summed E-state index contributed by atoms with van der Waals surface area (Å²) >= 11 is 0. The van der Waals surface area contributed by atoms with E-state index in [1.54, 1.807) is 37.3 Å². The fraction of sp³-hybridized carbons (Fsp3) is 0.227. The number of hydrogen-bond donors (Lipinski definition) is 2. The number of rotatable bonds is 5. The third kappa shape index (κ3) is 3.54. The minimum atomic E-state index is -1.08. The summed E-state index contributed by atoms with van der Waals surface area (Å²) in [6.07, 6.45) is 0.0845. The molecule has 158 valence electrons. The maximum atomic E-state index is 13.1. The van der Waals surface area contributed by atoms with Crippen molar-refractivity contribution in [3.63, 3.8) is 0 Å². The Morgan fingerprint density at radius 3 is 2.61 bits per heavy atom. The van der Waals surface area contributed by atoms with Crippen molar-refractivity contribution in [3.8, 4) is 5.75 Å². The number of nitrogens with one attached hydrogen (secondary N) is 2. The van der Waals surface area contributed by atoms with Crippen LogP contribution in [0.15, 0.2) is 42.5 Å². The topological polar surface area (TPSA) is 122 Å². The van der Waals surface area contributed by atoms with E-state index in [4.69, 9.17) is 4.74 Å². The Bertz CT molecular complexity index is 1130. The van der Waals surface area contributed by atoms with Crippen molar-refractivity contribution in [2.75, 3.05) is 11.9 Å². The Morgan fingerprint density at radius 2 is 1.87 bits per heavy atom. The summed E-state index contributed by atoms with van der Waals surface area (Å²) in [7, 11) is 0. The molecule has 0 aliphatic carbocycles. The van der Waals surface area contributed by atoms with Crippen LogP contribution in [-0.2, 0) is 9.59 Å². The first-order valence-corrected chi connectivity index (χ1v) is 9.80. The highest BCUT2D eigenvalue weighted by molar-refractivity contribution is 6.26. The lowest BCUT2D eigenvalue weighted by molar-refractivity contribution is -0.136. The number of para-hydroxylation sites is 1. The monoisotopic (exact) mass is 421 g/mol. The fourth-order valence-corrected chi connectivity index (χ4v) is 3.74. The Kier molecular flexibility index (Phi) is 5.24. The number of amides is 5. The van der Waals surface area contributed by atoms with Gasteiger partial charge in [0.05, 0.1) is 29.0 Å². The summed E-state index contributed by atoms with van der Waals surface area (Å²) in [5, 5.41) is 4.83. The lowest BCUT2D eigenvalue weighted by Gasteiger charge is -2.27. The summed E-state index contributed by atoms with van der Waals surface area (Å²) in [6, 6.07) is 10.1. The van der Waals surface area contributed by atoms with Gasteiger partial charge in [-0.1, -0.05) is 18.2 Å². The molecule has 0 saturated carbocycles. The number of carbonyl (C=O) groups is 5. The number of imide groups is 2. The van der Waals surface area contributed by atoms with Crippen LogP contribution < -0.4 is 15.4 Å². The summed E-state index contributed by atoms with van der Waals surface area (Å²) in [5.74, 6) is -2.58. The van der Waals surface area contributed by atoms with Crippen molar-refractivity contribution in [1.82, 2.24) is 10.2 Å². The summed E-state index contributed by atoms with van der Waals surface area (Å²) < 4.78 is 5.48. The summed E-state index contributed by atoms with van der Waals surface area (Å²) in [6.45, 7) is 2.17. The molecule has 2 aromatic rings. The summed E-state index contributed by atoms with van der Waals surface area (Å²) in [4.78, 5) is 63.4. The highest BCUT2D eigenvalue weighted by Crippen LogP contribution is 2.33. The molecule has 31 heavy (non-hydrogen) atoms. The van der Waals surface area contributed by atoms with E-state index in [1.165, 1.54) is 12.1 Å². The minimum absolute atomic E-state index is 0.0134. The van der Waals surface area contributed by atoms with Gasteiger partial charge in [-0.25, -0.2) is 0 Å². The van der Waals surface area contributed by atoms with Crippen LogP contribution in [0, 0.1) is 0 Å². The van der Waals surface area contributed by atoms with Gasteiger partial charge in [-0.3, -0.25) is 34.2 Å². The fourth-order valence-electron chi connectivity index (χ4n) is 3.74. The van der Waals surface area contributed by atoms with Crippen LogP contribution >= 0.6 is 0 Å². The predicted molar refractivity (Wildman–Crippen MR) is 109 cm³/mol. The van der Waals surface area contributed by atoms with Crippen LogP contribution in [0.4, 0.5) is 5.69 Å². The van der Waals surface area contributed by atoms with Gasteiger partial charge in [0.1, 0.15) is 11.8 Å². The maximum absolute atomic E-state index is 13.1. The molecule has 1 atom stereocenters. The molecule has 1 unspecified atom stereocenters. The molecular formula is C22H19N3O6. The van der Waals surface area contributed by atoms with E-state index < -0.39 is 35.6 Å². The number of benzene rings is 2. The van der Waals surface area contributed by atoms with Crippen molar-refractivity contribution < 1.29 is 28.7 Å². The molecule has 0 bridgehead atoms. The van der Waals surface area contributed by atoms with E-state index in [0.717, 1.165) is 4.90 Å². The van der Waals surface area contributed by atoms with Crippen LogP contribution in [0.3, 0.4) is 0 Å². The zero-order valence-electron chi connectivity index (χ0n) is 16.6. The van der Waals surface area contributed by atoms with E-state index in [0.29, 0.717) is 12.4 Å². The Hall–Kier alpha value is -4.01. The third-order valence-corrected chi connectivity index (χ3v) is 5.15. The average molecular weight is 421 g/mol. The van der Waals surface area contributed by atoms with Crippen molar-refractivity contribution >= 4 is 35.2 Å². The quantitative estimate of drug-likeness (QED) is 0.709. The number of fused-ring (bicyclic) bond motifs is 1. The molecule has 2 N–H and O–H groups in total. The Balaban J connectivity index is 1.65. The van der Waals surface area contributed by atoms with Gasteiger partial charge in [-0.2, -0.15) is 0 Å². The molecule has 2 aromatic carbocycles. The number of carbonyl (C=O) groups excluding carboxylic acids is 5. The van der Waals surface area contributed by atoms with Gasteiger partial charge in [0.15, 0.2) is 0 Å². The molecule has 0 aromatic heterocycles.